The van der Waals surface area contributed by atoms with Crippen molar-refractivity contribution in [1.82, 2.24) is 9.88 Å². The molecule has 3 aromatic rings. The Kier molecular flexibility index (Phi) is 5.99. The minimum absolute atomic E-state index is 0.131. The fourth-order valence-corrected chi connectivity index (χ4v) is 2.98. The van der Waals surface area contributed by atoms with Crippen LogP contribution in [0.5, 0.6) is 5.75 Å². The van der Waals surface area contributed by atoms with E-state index >= 15 is 0 Å². The standard InChI is InChI=1S/C21H24N2O2/c1-2-25-20-8-5-6-17(13-20)15-23(10-11-24)16-18-12-19-7-3-4-9-21(19)22-14-18/h3-9,12-14,24H,2,10-11,15-16H2,1H3. The van der Waals surface area contributed by atoms with Crippen LogP contribution in [0.2, 0.25) is 0 Å². The monoisotopic (exact) mass is 336 g/mol. The number of aromatic nitrogens is 1. The lowest BCUT2D eigenvalue weighted by atomic mass is 10.1. The van der Waals surface area contributed by atoms with Crippen molar-refractivity contribution in [3.8, 4) is 5.75 Å². The molecule has 0 fully saturated rings. The Morgan fingerprint density at radius 2 is 1.84 bits per heavy atom. The number of hydrogen-bond acceptors (Lipinski definition) is 4. The van der Waals surface area contributed by atoms with Crippen LogP contribution in [0.15, 0.2) is 60.8 Å². The van der Waals surface area contributed by atoms with E-state index in [9.17, 15) is 5.11 Å². The molecule has 0 atom stereocenters. The topological polar surface area (TPSA) is 45.6 Å². The van der Waals surface area contributed by atoms with Gasteiger partial charge in [-0.15, -0.1) is 0 Å². The van der Waals surface area contributed by atoms with Crippen LogP contribution in [0.25, 0.3) is 10.9 Å². The van der Waals surface area contributed by atoms with Gasteiger partial charge < -0.3 is 9.84 Å². The predicted octanol–water partition coefficient (Wildman–Crippen LogP) is 3.63. The zero-order chi connectivity index (χ0) is 17.5. The second kappa shape index (κ2) is 8.60. The van der Waals surface area contributed by atoms with Crippen molar-refractivity contribution in [3.05, 3.63) is 71.9 Å². The van der Waals surface area contributed by atoms with Crippen LogP contribution in [0.4, 0.5) is 0 Å². The van der Waals surface area contributed by atoms with Gasteiger partial charge in [0.2, 0.25) is 0 Å². The summed E-state index contributed by atoms with van der Waals surface area (Å²) >= 11 is 0. The number of aliphatic hydroxyl groups is 1. The lowest BCUT2D eigenvalue weighted by Crippen LogP contribution is -2.26. The molecule has 4 heteroatoms. The Hall–Kier alpha value is -2.43. The highest BCUT2D eigenvalue weighted by atomic mass is 16.5. The molecule has 0 unspecified atom stereocenters. The number of nitrogens with zero attached hydrogens (tertiary/aromatic N) is 2. The van der Waals surface area contributed by atoms with E-state index in [-0.39, 0.29) is 6.61 Å². The first kappa shape index (κ1) is 17.4. The second-order valence-corrected chi connectivity index (χ2v) is 6.05. The molecule has 0 spiro atoms. The maximum Gasteiger partial charge on any atom is 0.119 e. The number of aliphatic hydroxyl groups excluding tert-OH is 1. The minimum Gasteiger partial charge on any atom is -0.494 e. The van der Waals surface area contributed by atoms with Crippen LogP contribution in [-0.4, -0.2) is 34.7 Å². The number of pyridine rings is 1. The van der Waals surface area contributed by atoms with E-state index in [0.29, 0.717) is 13.2 Å². The van der Waals surface area contributed by atoms with Gasteiger partial charge in [-0.2, -0.15) is 0 Å². The van der Waals surface area contributed by atoms with Crippen LogP contribution in [0, 0.1) is 0 Å². The average molecular weight is 336 g/mol. The molecule has 0 aliphatic heterocycles. The van der Waals surface area contributed by atoms with Gasteiger partial charge in [0.25, 0.3) is 0 Å². The Bertz CT molecular complexity index is 820. The number of para-hydroxylation sites is 1. The average Bonchev–Trinajstić information content (AvgIpc) is 2.62. The van der Waals surface area contributed by atoms with Crippen molar-refractivity contribution >= 4 is 10.9 Å². The number of rotatable bonds is 8. The van der Waals surface area contributed by atoms with E-state index in [4.69, 9.17) is 4.74 Å². The third kappa shape index (κ3) is 4.78. The van der Waals surface area contributed by atoms with Gasteiger partial charge in [-0.3, -0.25) is 9.88 Å². The number of benzene rings is 2. The molecule has 2 aromatic carbocycles. The van der Waals surface area contributed by atoms with Crippen molar-refractivity contribution in [2.75, 3.05) is 19.8 Å². The molecule has 0 saturated heterocycles. The van der Waals surface area contributed by atoms with Gasteiger partial charge in [-0.1, -0.05) is 30.3 Å². The Morgan fingerprint density at radius 3 is 2.68 bits per heavy atom. The molecule has 25 heavy (non-hydrogen) atoms. The number of ether oxygens (including phenoxy) is 1. The summed E-state index contributed by atoms with van der Waals surface area (Å²) in [5, 5.41) is 10.6. The SMILES string of the molecule is CCOc1cccc(CN(CCO)Cc2cnc3ccccc3c2)c1. The molecule has 1 N–H and O–H groups in total. The smallest absolute Gasteiger partial charge is 0.119 e. The molecule has 0 aliphatic rings. The van der Waals surface area contributed by atoms with E-state index in [1.54, 1.807) is 0 Å². The minimum atomic E-state index is 0.131. The maximum absolute atomic E-state index is 9.42. The third-order valence-corrected chi connectivity index (χ3v) is 4.09. The number of fused-ring (bicyclic) bond motifs is 1. The zero-order valence-corrected chi connectivity index (χ0v) is 14.6. The maximum atomic E-state index is 9.42. The fourth-order valence-electron chi connectivity index (χ4n) is 2.98. The van der Waals surface area contributed by atoms with Crippen molar-refractivity contribution in [3.63, 3.8) is 0 Å². The quantitative estimate of drug-likeness (QED) is 0.682. The van der Waals surface area contributed by atoms with E-state index in [0.717, 1.165) is 35.3 Å². The van der Waals surface area contributed by atoms with Crippen molar-refractivity contribution in [2.45, 2.75) is 20.0 Å². The van der Waals surface area contributed by atoms with Crippen molar-refractivity contribution < 1.29 is 9.84 Å². The van der Waals surface area contributed by atoms with Gasteiger partial charge in [0.1, 0.15) is 5.75 Å². The van der Waals surface area contributed by atoms with Crippen LogP contribution in [0.1, 0.15) is 18.1 Å². The summed E-state index contributed by atoms with van der Waals surface area (Å²) in [7, 11) is 0. The summed E-state index contributed by atoms with van der Waals surface area (Å²) in [6, 6.07) is 18.4. The first-order valence-corrected chi connectivity index (χ1v) is 8.67. The van der Waals surface area contributed by atoms with Crippen LogP contribution >= 0.6 is 0 Å². The van der Waals surface area contributed by atoms with Gasteiger partial charge in [-0.05, 0) is 42.3 Å². The number of hydrogen-bond donors (Lipinski definition) is 1. The highest BCUT2D eigenvalue weighted by Crippen LogP contribution is 2.18. The van der Waals surface area contributed by atoms with Crippen molar-refractivity contribution in [2.24, 2.45) is 0 Å². The summed E-state index contributed by atoms with van der Waals surface area (Å²) in [5.41, 5.74) is 3.32. The highest BCUT2D eigenvalue weighted by molar-refractivity contribution is 5.78. The molecule has 0 amide bonds. The summed E-state index contributed by atoms with van der Waals surface area (Å²) in [5.74, 6) is 0.885. The zero-order valence-electron chi connectivity index (χ0n) is 14.6. The normalized spacial score (nSPS) is 11.2. The largest absolute Gasteiger partial charge is 0.494 e. The molecule has 0 saturated carbocycles. The van der Waals surface area contributed by atoms with E-state index < -0.39 is 0 Å². The van der Waals surface area contributed by atoms with Gasteiger partial charge in [0.15, 0.2) is 0 Å². The molecule has 0 aliphatic carbocycles. The Morgan fingerprint density at radius 1 is 1.00 bits per heavy atom. The summed E-state index contributed by atoms with van der Waals surface area (Å²) < 4.78 is 5.58. The first-order valence-electron chi connectivity index (χ1n) is 8.67. The van der Waals surface area contributed by atoms with Gasteiger partial charge in [0.05, 0.1) is 18.7 Å². The lowest BCUT2D eigenvalue weighted by molar-refractivity contribution is 0.184. The summed E-state index contributed by atoms with van der Waals surface area (Å²) in [4.78, 5) is 6.75. The molecule has 130 valence electrons. The van der Waals surface area contributed by atoms with E-state index in [1.807, 2.05) is 43.5 Å². The molecule has 3 rings (SSSR count). The molecule has 1 heterocycles. The molecule has 1 aromatic heterocycles. The molecular weight excluding hydrogens is 312 g/mol. The lowest BCUT2D eigenvalue weighted by Gasteiger charge is -2.22. The first-order chi connectivity index (χ1) is 12.3. The second-order valence-electron chi connectivity index (χ2n) is 6.05. The van der Waals surface area contributed by atoms with Gasteiger partial charge in [-0.25, -0.2) is 0 Å². The van der Waals surface area contributed by atoms with Crippen LogP contribution in [0.3, 0.4) is 0 Å². The van der Waals surface area contributed by atoms with E-state index in [1.165, 1.54) is 5.56 Å². The van der Waals surface area contributed by atoms with Crippen LogP contribution in [-0.2, 0) is 13.1 Å². The van der Waals surface area contributed by atoms with Crippen molar-refractivity contribution in [1.29, 1.82) is 0 Å². The Balaban J connectivity index is 1.74. The third-order valence-electron chi connectivity index (χ3n) is 4.09. The Labute approximate surface area is 148 Å². The van der Waals surface area contributed by atoms with E-state index in [2.05, 4.69) is 34.1 Å². The van der Waals surface area contributed by atoms with Crippen LogP contribution < -0.4 is 4.74 Å². The summed E-state index contributed by atoms with van der Waals surface area (Å²) in [6.07, 6.45) is 1.92. The highest BCUT2D eigenvalue weighted by Gasteiger charge is 2.09. The summed E-state index contributed by atoms with van der Waals surface area (Å²) in [6.45, 7) is 4.90. The van der Waals surface area contributed by atoms with Gasteiger partial charge >= 0.3 is 0 Å². The molecule has 4 nitrogen and oxygen atoms in total. The predicted molar refractivity (Wildman–Crippen MR) is 101 cm³/mol. The molecule has 0 radical (unpaired) electrons. The molecule has 0 bridgehead atoms. The fraction of sp³-hybridized carbons (Fsp3) is 0.286. The van der Waals surface area contributed by atoms with Gasteiger partial charge in [0, 0.05) is 31.2 Å². The molecular formula is C21H24N2O2.